The molecule has 0 aliphatic carbocycles. The molecule has 2 rings (SSSR count). The van der Waals surface area contributed by atoms with Crippen molar-refractivity contribution >= 4 is 37.3 Å². The average Bonchev–Trinajstić information content (AvgIpc) is 2.76. The molecule has 1 saturated heterocycles. The number of thiophene rings is 1. The van der Waals surface area contributed by atoms with Gasteiger partial charge in [-0.25, -0.2) is 13.1 Å². The van der Waals surface area contributed by atoms with Crippen LogP contribution in [0.25, 0.3) is 0 Å². The topological polar surface area (TPSA) is 49.4 Å². The van der Waals surface area contributed by atoms with Gasteiger partial charge in [0.15, 0.2) is 0 Å². The van der Waals surface area contributed by atoms with E-state index in [1.807, 2.05) is 0 Å². The number of hydrogen-bond donors (Lipinski definition) is 1. The van der Waals surface area contributed by atoms with Gasteiger partial charge in [-0.1, -0.05) is 6.92 Å². The molecule has 1 fully saturated rings. The Morgan fingerprint density at radius 2 is 2.33 bits per heavy atom. The van der Waals surface area contributed by atoms with Crippen LogP contribution in [0.3, 0.4) is 0 Å². The van der Waals surface area contributed by atoms with Crippen molar-refractivity contribution in [2.24, 2.45) is 0 Å². The molecule has 7 heteroatoms. The Hall–Kier alpha value is 0.0500. The second-order valence-electron chi connectivity index (χ2n) is 4.41. The molecule has 102 valence electrons. The lowest BCUT2D eigenvalue weighted by Gasteiger charge is -2.31. The number of nitrogens with zero attached hydrogens (tertiary/aromatic N) is 1. The van der Waals surface area contributed by atoms with E-state index in [0.717, 1.165) is 36.3 Å². The fourth-order valence-electron chi connectivity index (χ4n) is 2.16. The molecule has 1 aliphatic heterocycles. The van der Waals surface area contributed by atoms with Crippen LogP contribution in [0.4, 0.5) is 0 Å². The summed E-state index contributed by atoms with van der Waals surface area (Å²) in [6, 6.07) is 3.43. The minimum atomic E-state index is -3.36. The lowest BCUT2D eigenvalue weighted by atomic mass is 10.1. The summed E-state index contributed by atoms with van der Waals surface area (Å²) in [4.78, 5) is 2.28. The predicted octanol–water partition coefficient (Wildman–Crippen LogP) is 2.27. The highest BCUT2D eigenvalue weighted by molar-refractivity contribution is 9.11. The summed E-state index contributed by atoms with van der Waals surface area (Å²) in [6.45, 7) is 4.96. The first-order valence-corrected chi connectivity index (χ1v) is 9.10. The molecule has 0 saturated carbocycles. The first-order chi connectivity index (χ1) is 8.51. The molecule has 0 radical (unpaired) electrons. The number of piperidine rings is 1. The Morgan fingerprint density at radius 3 is 2.94 bits per heavy atom. The zero-order valence-corrected chi connectivity index (χ0v) is 13.4. The second kappa shape index (κ2) is 6.00. The van der Waals surface area contributed by atoms with Crippen molar-refractivity contribution in [3.8, 4) is 0 Å². The zero-order valence-electron chi connectivity index (χ0n) is 10.2. The highest BCUT2D eigenvalue weighted by atomic mass is 79.9. The Bertz CT molecular complexity index is 501. The largest absolute Gasteiger partial charge is 0.302 e. The highest BCUT2D eigenvalue weighted by Gasteiger charge is 2.25. The zero-order chi connectivity index (χ0) is 13.2. The number of nitrogens with one attached hydrogen (secondary N) is 1. The number of likely N-dealkylation sites (tertiary alicyclic amines) is 1. The van der Waals surface area contributed by atoms with Crippen LogP contribution in [-0.4, -0.2) is 39.0 Å². The van der Waals surface area contributed by atoms with E-state index in [-0.39, 0.29) is 6.04 Å². The van der Waals surface area contributed by atoms with Gasteiger partial charge in [-0.3, -0.25) is 0 Å². The van der Waals surface area contributed by atoms with Crippen molar-refractivity contribution in [2.75, 3.05) is 19.6 Å². The van der Waals surface area contributed by atoms with Crippen LogP contribution in [-0.2, 0) is 10.0 Å². The van der Waals surface area contributed by atoms with Crippen LogP contribution >= 0.6 is 27.3 Å². The highest BCUT2D eigenvalue weighted by Crippen LogP contribution is 2.26. The lowest BCUT2D eigenvalue weighted by molar-refractivity contribution is 0.211. The summed E-state index contributed by atoms with van der Waals surface area (Å²) in [7, 11) is -3.36. The minimum absolute atomic E-state index is 0.0320. The van der Waals surface area contributed by atoms with Gasteiger partial charge in [0.05, 0.1) is 3.79 Å². The predicted molar refractivity (Wildman–Crippen MR) is 77.5 cm³/mol. The number of rotatable bonds is 4. The maximum Gasteiger partial charge on any atom is 0.250 e. The maximum atomic E-state index is 12.2. The number of halogens is 1. The molecule has 1 unspecified atom stereocenters. The van der Waals surface area contributed by atoms with E-state index in [0.29, 0.717) is 4.21 Å². The number of hydrogen-bond acceptors (Lipinski definition) is 4. The van der Waals surface area contributed by atoms with E-state index in [1.165, 1.54) is 11.3 Å². The summed E-state index contributed by atoms with van der Waals surface area (Å²) in [5, 5.41) is 0. The van der Waals surface area contributed by atoms with E-state index in [9.17, 15) is 8.42 Å². The molecule has 2 heterocycles. The summed E-state index contributed by atoms with van der Waals surface area (Å²) in [6.07, 6.45) is 1.97. The van der Waals surface area contributed by atoms with Gasteiger partial charge in [-0.15, -0.1) is 11.3 Å². The molecule has 0 spiro atoms. The third kappa shape index (κ3) is 3.54. The van der Waals surface area contributed by atoms with E-state index < -0.39 is 10.0 Å². The molecule has 4 nitrogen and oxygen atoms in total. The van der Waals surface area contributed by atoms with Crippen LogP contribution in [0.15, 0.2) is 20.1 Å². The van der Waals surface area contributed by atoms with Gasteiger partial charge >= 0.3 is 0 Å². The molecular formula is C11H17BrN2O2S2. The van der Waals surface area contributed by atoms with Crippen LogP contribution in [0.2, 0.25) is 0 Å². The summed E-state index contributed by atoms with van der Waals surface area (Å²) in [5.74, 6) is 0. The normalized spacial score (nSPS) is 22.2. The number of likely N-dealkylation sites (N-methyl/N-ethyl adjacent to an activating group) is 1. The Balaban J connectivity index is 2.04. The molecular weight excluding hydrogens is 336 g/mol. The third-order valence-electron chi connectivity index (χ3n) is 3.09. The molecule has 1 N–H and O–H groups in total. The molecule has 1 atom stereocenters. The Kier molecular flexibility index (Phi) is 4.82. The lowest BCUT2D eigenvalue weighted by Crippen LogP contribution is -2.47. The van der Waals surface area contributed by atoms with Crippen molar-refractivity contribution in [2.45, 2.75) is 30.0 Å². The Morgan fingerprint density at radius 1 is 1.56 bits per heavy atom. The van der Waals surface area contributed by atoms with Crippen LogP contribution in [0.1, 0.15) is 19.8 Å². The average molecular weight is 353 g/mol. The van der Waals surface area contributed by atoms with Crippen LogP contribution in [0.5, 0.6) is 0 Å². The van der Waals surface area contributed by atoms with Crippen molar-refractivity contribution in [3.05, 3.63) is 15.9 Å². The van der Waals surface area contributed by atoms with Crippen molar-refractivity contribution in [1.82, 2.24) is 9.62 Å². The summed E-state index contributed by atoms with van der Waals surface area (Å²) >= 11 is 4.53. The van der Waals surface area contributed by atoms with Gasteiger partial charge in [0.2, 0.25) is 10.0 Å². The van der Waals surface area contributed by atoms with Gasteiger partial charge in [0, 0.05) is 12.6 Å². The van der Waals surface area contributed by atoms with Crippen molar-refractivity contribution < 1.29 is 8.42 Å². The summed E-state index contributed by atoms with van der Waals surface area (Å²) in [5.41, 5.74) is 0. The minimum Gasteiger partial charge on any atom is -0.302 e. The number of sulfonamides is 1. The van der Waals surface area contributed by atoms with Crippen molar-refractivity contribution in [1.29, 1.82) is 0 Å². The quantitative estimate of drug-likeness (QED) is 0.904. The van der Waals surface area contributed by atoms with Crippen LogP contribution < -0.4 is 4.72 Å². The molecule has 1 aromatic rings. The maximum absolute atomic E-state index is 12.2. The smallest absolute Gasteiger partial charge is 0.250 e. The molecule has 0 aromatic carbocycles. The second-order valence-corrected chi connectivity index (χ2v) is 8.82. The standard InChI is InChI=1S/C11H17BrN2O2S2/c1-2-14-7-3-4-9(8-14)13-18(15,16)11-6-5-10(12)17-11/h5-6,9,13H,2-4,7-8H2,1H3. The van der Waals surface area contributed by atoms with E-state index >= 15 is 0 Å². The van der Waals surface area contributed by atoms with Gasteiger partial charge in [0.25, 0.3) is 0 Å². The molecule has 1 aliphatic rings. The van der Waals surface area contributed by atoms with E-state index in [4.69, 9.17) is 0 Å². The monoisotopic (exact) mass is 352 g/mol. The molecule has 1 aromatic heterocycles. The van der Waals surface area contributed by atoms with Gasteiger partial charge in [0.1, 0.15) is 4.21 Å². The molecule has 0 amide bonds. The third-order valence-corrected chi connectivity index (χ3v) is 6.72. The van der Waals surface area contributed by atoms with E-state index in [2.05, 4.69) is 32.5 Å². The fourth-order valence-corrected chi connectivity index (χ4v) is 5.45. The Labute approximate surface area is 121 Å². The molecule has 0 bridgehead atoms. The van der Waals surface area contributed by atoms with Crippen molar-refractivity contribution in [3.63, 3.8) is 0 Å². The first-order valence-electron chi connectivity index (χ1n) is 6.01. The first kappa shape index (κ1) is 14.5. The van der Waals surface area contributed by atoms with E-state index in [1.54, 1.807) is 12.1 Å². The fraction of sp³-hybridized carbons (Fsp3) is 0.636. The SMILES string of the molecule is CCN1CCCC(NS(=O)(=O)c2ccc(Br)s2)C1. The molecule has 18 heavy (non-hydrogen) atoms. The van der Waals surface area contributed by atoms with Gasteiger partial charge in [-0.2, -0.15) is 0 Å². The van der Waals surface area contributed by atoms with Gasteiger partial charge < -0.3 is 4.90 Å². The summed E-state index contributed by atoms with van der Waals surface area (Å²) < 4.78 is 28.4. The van der Waals surface area contributed by atoms with Gasteiger partial charge in [-0.05, 0) is 54.0 Å². The van der Waals surface area contributed by atoms with Crippen LogP contribution in [0, 0.1) is 0 Å².